The quantitative estimate of drug-likeness (QED) is 0.421. The van der Waals surface area contributed by atoms with Crippen LogP contribution in [0.3, 0.4) is 0 Å². The fourth-order valence-corrected chi connectivity index (χ4v) is 3.79. The van der Waals surface area contributed by atoms with Gasteiger partial charge < -0.3 is 18.7 Å². The van der Waals surface area contributed by atoms with Gasteiger partial charge in [-0.2, -0.15) is 0 Å². The first kappa shape index (κ1) is 18.9. The number of thiazole rings is 1. The number of hydrogen-bond acceptors (Lipinski definition) is 8. The molecule has 0 radical (unpaired) electrons. The Kier molecular flexibility index (Phi) is 5.44. The Morgan fingerprint density at radius 3 is 2.79 bits per heavy atom. The second-order valence-electron chi connectivity index (χ2n) is 6.15. The molecule has 4 aromatic rings. The van der Waals surface area contributed by atoms with E-state index in [0.717, 1.165) is 16.0 Å². The molecule has 4 rings (SSSR count). The van der Waals surface area contributed by atoms with Gasteiger partial charge in [-0.05, 0) is 24.3 Å². The number of hydrogen-bond donors (Lipinski definition) is 0. The molecule has 0 saturated heterocycles. The van der Waals surface area contributed by atoms with Gasteiger partial charge in [0.1, 0.15) is 17.3 Å². The molecule has 0 saturated carbocycles. The highest BCUT2D eigenvalue weighted by atomic mass is 32.1. The van der Waals surface area contributed by atoms with Crippen LogP contribution in [0.25, 0.3) is 21.5 Å². The lowest BCUT2D eigenvalue weighted by atomic mass is 10.2. The maximum Gasteiger partial charge on any atom is 0.312 e. The average molecular weight is 410 g/mol. The van der Waals surface area contributed by atoms with Crippen molar-refractivity contribution in [1.82, 2.24) is 10.1 Å². The minimum absolute atomic E-state index is 0.0394. The average Bonchev–Trinajstić information content (AvgIpc) is 3.39. The number of fused-ring (bicyclic) bond motifs is 1. The van der Waals surface area contributed by atoms with Crippen molar-refractivity contribution in [3.8, 4) is 22.1 Å². The van der Waals surface area contributed by atoms with Crippen molar-refractivity contribution in [2.24, 2.45) is 0 Å². The molecular weight excluding hydrogens is 392 g/mol. The van der Waals surface area contributed by atoms with Crippen LogP contribution >= 0.6 is 11.3 Å². The van der Waals surface area contributed by atoms with E-state index in [4.69, 9.17) is 18.7 Å². The second-order valence-corrected chi connectivity index (χ2v) is 7.01. The lowest BCUT2D eigenvalue weighted by molar-refractivity contribution is -0.144. The van der Waals surface area contributed by atoms with E-state index in [-0.39, 0.29) is 13.0 Å². The highest BCUT2D eigenvalue weighted by Crippen LogP contribution is 2.39. The number of rotatable bonds is 7. The molecule has 148 valence electrons. The fourth-order valence-electron chi connectivity index (χ4n) is 2.96. The molecule has 8 heteroatoms. The first-order valence-electron chi connectivity index (χ1n) is 8.84. The molecule has 0 aliphatic heterocycles. The van der Waals surface area contributed by atoms with E-state index in [1.165, 1.54) is 11.3 Å². The van der Waals surface area contributed by atoms with Gasteiger partial charge in [-0.25, -0.2) is 4.98 Å². The zero-order chi connectivity index (χ0) is 20.2. The van der Waals surface area contributed by atoms with Gasteiger partial charge in [0.15, 0.2) is 17.1 Å². The second kappa shape index (κ2) is 8.32. The van der Waals surface area contributed by atoms with Gasteiger partial charge in [0, 0.05) is 10.8 Å². The lowest BCUT2D eigenvalue weighted by Gasteiger charge is -2.10. The number of carbonyl (C=O) groups excluding carboxylic acids is 1. The molecule has 0 spiro atoms. The molecule has 2 aromatic heterocycles. The third kappa shape index (κ3) is 3.93. The van der Waals surface area contributed by atoms with Crippen LogP contribution in [-0.4, -0.2) is 30.3 Å². The molecule has 0 bridgehead atoms. The molecule has 2 aromatic carbocycles. The number of nitrogens with zero attached hydrogens (tertiary/aromatic N) is 2. The Morgan fingerprint density at radius 2 is 1.97 bits per heavy atom. The van der Waals surface area contributed by atoms with E-state index in [0.29, 0.717) is 28.5 Å². The molecule has 29 heavy (non-hydrogen) atoms. The van der Waals surface area contributed by atoms with E-state index >= 15 is 0 Å². The summed E-state index contributed by atoms with van der Waals surface area (Å²) < 4.78 is 21.4. The first-order chi connectivity index (χ1) is 14.2. The minimum Gasteiger partial charge on any atom is -0.493 e. The molecule has 0 fully saturated rings. The van der Waals surface area contributed by atoms with Crippen molar-refractivity contribution in [1.29, 1.82) is 0 Å². The number of para-hydroxylation sites is 2. The van der Waals surface area contributed by atoms with Gasteiger partial charge in [-0.1, -0.05) is 23.4 Å². The minimum atomic E-state index is -0.391. The van der Waals surface area contributed by atoms with Crippen LogP contribution in [0.15, 0.2) is 52.4 Å². The zero-order valence-electron chi connectivity index (χ0n) is 15.9. The number of methoxy groups -OCH3 is 2. The number of ether oxygens (including phenoxy) is 3. The Labute approximate surface area is 170 Å². The van der Waals surface area contributed by atoms with Crippen LogP contribution in [-0.2, 0) is 22.6 Å². The first-order valence-corrected chi connectivity index (χ1v) is 9.72. The summed E-state index contributed by atoms with van der Waals surface area (Å²) in [6.07, 6.45) is 0.0394. The Hall–Kier alpha value is -3.39. The molecule has 2 heterocycles. The van der Waals surface area contributed by atoms with E-state index < -0.39 is 5.97 Å². The van der Waals surface area contributed by atoms with Crippen molar-refractivity contribution in [2.75, 3.05) is 14.2 Å². The molecule has 0 atom stereocenters. The Balaban J connectivity index is 1.43. The van der Waals surface area contributed by atoms with Gasteiger partial charge in [-0.3, -0.25) is 4.79 Å². The SMILES string of the molecule is COc1cccc(-c2nc(COC(=O)Cc3noc4ccccc34)cs2)c1OC. The Bertz CT molecular complexity index is 1150. The van der Waals surface area contributed by atoms with Crippen molar-refractivity contribution in [3.63, 3.8) is 0 Å². The van der Waals surface area contributed by atoms with Crippen LogP contribution in [0.4, 0.5) is 0 Å². The molecule has 0 aliphatic rings. The summed E-state index contributed by atoms with van der Waals surface area (Å²) in [6, 6.07) is 13.0. The van der Waals surface area contributed by atoms with E-state index in [2.05, 4.69) is 10.1 Å². The molecule has 0 aliphatic carbocycles. The van der Waals surface area contributed by atoms with Crippen LogP contribution in [0.2, 0.25) is 0 Å². The number of aromatic nitrogens is 2. The van der Waals surface area contributed by atoms with Crippen LogP contribution < -0.4 is 9.47 Å². The summed E-state index contributed by atoms with van der Waals surface area (Å²) in [5.74, 6) is 0.858. The fraction of sp³-hybridized carbons (Fsp3) is 0.190. The molecule has 0 N–H and O–H groups in total. The van der Waals surface area contributed by atoms with Crippen LogP contribution in [0, 0.1) is 0 Å². The van der Waals surface area contributed by atoms with Crippen molar-refractivity contribution in [3.05, 3.63) is 59.2 Å². The highest BCUT2D eigenvalue weighted by molar-refractivity contribution is 7.13. The topological polar surface area (TPSA) is 83.7 Å². The standard InChI is InChI=1S/C21H18N2O5S/c1-25-18-9-5-7-15(20(18)26-2)21-22-13(12-29-21)11-27-19(24)10-16-14-6-3-4-8-17(14)28-23-16/h3-9,12H,10-11H2,1-2H3. The van der Waals surface area contributed by atoms with Gasteiger partial charge >= 0.3 is 5.97 Å². The normalized spacial score (nSPS) is 10.8. The molecule has 0 amide bonds. The number of carbonyl (C=O) groups is 1. The predicted octanol–water partition coefficient (Wildman–Crippen LogP) is 4.25. The number of benzene rings is 2. The van der Waals surface area contributed by atoms with Crippen molar-refractivity contribution in [2.45, 2.75) is 13.0 Å². The summed E-state index contributed by atoms with van der Waals surface area (Å²) in [5.41, 5.74) is 2.69. The van der Waals surface area contributed by atoms with E-state index in [1.807, 2.05) is 41.8 Å². The van der Waals surface area contributed by atoms with Gasteiger partial charge in [0.05, 0.1) is 31.9 Å². The monoisotopic (exact) mass is 410 g/mol. The van der Waals surface area contributed by atoms with Crippen molar-refractivity contribution < 1.29 is 23.5 Å². The molecular formula is C21H18N2O5S. The summed E-state index contributed by atoms with van der Waals surface area (Å²) in [4.78, 5) is 16.8. The third-order valence-electron chi connectivity index (χ3n) is 4.33. The molecule has 7 nitrogen and oxygen atoms in total. The van der Waals surface area contributed by atoms with Gasteiger partial charge in [0.2, 0.25) is 0 Å². The van der Waals surface area contributed by atoms with Gasteiger partial charge in [0.25, 0.3) is 0 Å². The summed E-state index contributed by atoms with van der Waals surface area (Å²) in [5, 5.41) is 7.38. The highest BCUT2D eigenvalue weighted by Gasteiger charge is 2.16. The zero-order valence-corrected chi connectivity index (χ0v) is 16.7. The van der Waals surface area contributed by atoms with Crippen molar-refractivity contribution >= 4 is 28.3 Å². The maximum atomic E-state index is 12.2. The number of esters is 1. The Morgan fingerprint density at radius 1 is 1.10 bits per heavy atom. The summed E-state index contributed by atoms with van der Waals surface area (Å²) in [7, 11) is 3.18. The predicted molar refractivity (Wildman–Crippen MR) is 108 cm³/mol. The third-order valence-corrected chi connectivity index (χ3v) is 5.25. The largest absolute Gasteiger partial charge is 0.493 e. The van der Waals surface area contributed by atoms with Crippen LogP contribution in [0.1, 0.15) is 11.4 Å². The molecule has 0 unspecified atom stereocenters. The maximum absolute atomic E-state index is 12.2. The van der Waals surface area contributed by atoms with Gasteiger partial charge in [-0.15, -0.1) is 11.3 Å². The lowest BCUT2D eigenvalue weighted by Crippen LogP contribution is -2.08. The smallest absolute Gasteiger partial charge is 0.312 e. The summed E-state index contributed by atoms with van der Waals surface area (Å²) >= 11 is 1.44. The van der Waals surface area contributed by atoms with Crippen LogP contribution in [0.5, 0.6) is 11.5 Å². The van der Waals surface area contributed by atoms with E-state index in [9.17, 15) is 4.79 Å². The summed E-state index contributed by atoms with van der Waals surface area (Å²) in [6.45, 7) is 0.0808. The van der Waals surface area contributed by atoms with E-state index in [1.54, 1.807) is 20.3 Å².